The Bertz CT molecular complexity index is 729. The normalized spacial score (nSPS) is 11.6. The molecule has 0 aliphatic rings. The van der Waals surface area contributed by atoms with Crippen molar-refractivity contribution in [3.8, 4) is 5.75 Å². The third kappa shape index (κ3) is 4.32. The van der Waals surface area contributed by atoms with Crippen LogP contribution in [0.2, 0.25) is 0 Å². The summed E-state index contributed by atoms with van der Waals surface area (Å²) in [5, 5.41) is 0. The van der Waals surface area contributed by atoms with E-state index in [2.05, 4.69) is 15.9 Å². The second-order valence-electron chi connectivity index (χ2n) is 4.95. The van der Waals surface area contributed by atoms with Crippen molar-refractivity contribution >= 4 is 26.0 Å². The van der Waals surface area contributed by atoms with Gasteiger partial charge in [-0.2, -0.15) is 4.31 Å². The number of ether oxygens (including phenoxy) is 1. The summed E-state index contributed by atoms with van der Waals surface area (Å²) < 4.78 is 32.5. The molecule has 2 rings (SSSR count). The van der Waals surface area contributed by atoms with E-state index in [0.717, 1.165) is 15.8 Å². The molecule has 2 aromatic carbocycles. The summed E-state index contributed by atoms with van der Waals surface area (Å²) in [5.41, 5.74) is 1.10. The molecule has 0 unspecified atom stereocenters. The molecule has 0 radical (unpaired) electrons. The minimum absolute atomic E-state index is 0.272. The SMILES string of the molecule is Cc1cccc(OCCN(C)S(=O)(=O)c2ccc(Br)cc2)c1. The fourth-order valence-corrected chi connectivity index (χ4v) is 3.32. The first kappa shape index (κ1) is 17.0. The van der Waals surface area contributed by atoms with Crippen LogP contribution in [-0.4, -0.2) is 32.9 Å². The zero-order valence-electron chi connectivity index (χ0n) is 12.5. The first-order chi connectivity index (χ1) is 10.4. The lowest BCUT2D eigenvalue weighted by molar-refractivity contribution is 0.286. The van der Waals surface area contributed by atoms with E-state index < -0.39 is 10.0 Å². The topological polar surface area (TPSA) is 46.6 Å². The number of hydrogen-bond acceptors (Lipinski definition) is 3. The smallest absolute Gasteiger partial charge is 0.242 e. The van der Waals surface area contributed by atoms with Crippen LogP contribution in [0.5, 0.6) is 5.75 Å². The summed E-state index contributed by atoms with van der Waals surface area (Å²) in [5.74, 6) is 0.745. The number of sulfonamides is 1. The number of nitrogens with zero attached hydrogens (tertiary/aromatic N) is 1. The quantitative estimate of drug-likeness (QED) is 0.767. The Labute approximate surface area is 139 Å². The molecule has 0 aliphatic carbocycles. The molecule has 0 bridgehead atoms. The Morgan fingerprint density at radius 3 is 2.45 bits per heavy atom. The van der Waals surface area contributed by atoms with E-state index in [1.807, 2.05) is 31.2 Å². The standard InChI is InChI=1S/C16H18BrNO3S/c1-13-4-3-5-15(12-13)21-11-10-18(2)22(19,20)16-8-6-14(17)7-9-16/h3-9,12H,10-11H2,1-2H3. The third-order valence-corrected chi connectivity index (χ3v) is 5.59. The molecule has 0 aromatic heterocycles. The van der Waals surface area contributed by atoms with E-state index in [-0.39, 0.29) is 11.4 Å². The van der Waals surface area contributed by atoms with Crippen LogP contribution in [0, 0.1) is 6.92 Å². The van der Waals surface area contributed by atoms with Gasteiger partial charge in [0, 0.05) is 18.1 Å². The first-order valence-electron chi connectivity index (χ1n) is 6.81. The van der Waals surface area contributed by atoms with Crippen LogP contribution in [0.3, 0.4) is 0 Å². The van der Waals surface area contributed by atoms with Crippen molar-refractivity contribution in [1.29, 1.82) is 0 Å². The van der Waals surface area contributed by atoms with Gasteiger partial charge >= 0.3 is 0 Å². The molecular formula is C16H18BrNO3S. The van der Waals surface area contributed by atoms with Crippen LogP contribution >= 0.6 is 15.9 Å². The van der Waals surface area contributed by atoms with Gasteiger partial charge in [0.2, 0.25) is 10.0 Å². The number of rotatable bonds is 6. The minimum Gasteiger partial charge on any atom is -0.492 e. The van der Waals surface area contributed by atoms with Gasteiger partial charge < -0.3 is 4.74 Å². The van der Waals surface area contributed by atoms with Gasteiger partial charge in [0.1, 0.15) is 12.4 Å². The predicted molar refractivity (Wildman–Crippen MR) is 90.6 cm³/mol. The Morgan fingerprint density at radius 2 is 1.82 bits per heavy atom. The average Bonchev–Trinajstić information content (AvgIpc) is 2.47. The van der Waals surface area contributed by atoms with Gasteiger partial charge in [0.05, 0.1) is 4.90 Å². The van der Waals surface area contributed by atoms with Crippen molar-refractivity contribution in [2.45, 2.75) is 11.8 Å². The summed E-state index contributed by atoms with van der Waals surface area (Å²) in [6, 6.07) is 14.3. The van der Waals surface area contributed by atoms with Crippen molar-refractivity contribution in [1.82, 2.24) is 4.31 Å². The Hall–Kier alpha value is -1.37. The highest BCUT2D eigenvalue weighted by Gasteiger charge is 2.20. The van der Waals surface area contributed by atoms with Crippen molar-refractivity contribution in [2.75, 3.05) is 20.2 Å². The van der Waals surface area contributed by atoms with Gasteiger partial charge in [0.25, 0.3) is 0 Å². The van der Waals surface area contributed by atoms with Crippen LogP contribution in [0.4, 0.5) is 0 Å². The van der Waals surface area contributed by atoms with Gasteiger partial charge in [-0.3, -0.25) is 0 Å². The predicted octanol–water partition coefficient (Wildman–Crippen LogP) is 3.46. The lowest BCUT2D eigenvalue weighted by Gasteiger charge is -2.17. The molecule has 0 aliphatic heterocycles. The Kier molecular flexibility index (Phi) is 5.61. The lowest BCUT2D eigenvalue weighted by atomic mass is 10.2. The van der Waals surface area contributed by atoms with E-state index in [1.165, 1.54) is 4.31 Å². The van der Waals surface area contributed by atoms with Gasteiger partial charge in [-0.1, -0.05) is 28.1 Å². The molecule has 0 heterocycles. The number of aryl methyl sites for hydroxylation is 1. The fraction of sp³-hybridized carbons (Fsp3) is 0.250. The zero-order chi connectivity index (χ0) is 16.2. The van der Waals surface area contributed by atoms with Crippen molar-refractivity contribution in [3.05, 3.63) is 58.6 Å². The number of halogens is 1. The molecule has 118 valence electrons. The van der Waals surface area contributed by atoms with Crippen LogP contribution < -0.4 is 4.74 Å². The number of benzene rings is 2. The van der Waals surface area contributed by atoms with Gasteiger partial charge in [0.15, 0.2) is 0 Å². The molecule has 0 saturated carbocycles. The van der Waals surface area contributed by atoms with Crippen LogP contribution in [0.15, 0.2) is 57.9 Å². The Balaban J connectivity index is 1.96. The third-order valence-electron chi connectivity index (χ3n) is 3.19. The van der Waals surface area contributed by atoms with Crippen molar-refractivity contribution in [2.24, 2.45) is 0 Å². The summed E-state index contributed by atoms with van der Waals surface area (Å²) in [7, 11) is -1.93. The maximum Gasteiger partial charge on any atom is 0.242 e. The molecular weight excluding hydrogens is 366 g/mol. The van der Waals surface area contributed by atoms with E-state index in [1.54, 1.807) is 31.3 Å². The summed E-state index contributed by atoms with van der Waals surface area (Å²) in [6.07, 6.45) is 0. The number of hydrogen-bond donors (Lipinski definition) is 0. The highest BCUT2D eigenvalue weighted by atomic mass is 79.9. The van der Waals surface area contributed by atoms with Crippen LogP contribution in [-0.2, 0) is 10.0 Å². The van der Waals surface area contributed by atoms with Crippen molar-refractivity contribution in [3.63, 3.8) is 0 Å². The zero-order valence-corrected chi connectivity index (χ0v) is 14.9. The fourth-order valence-electron chi connectivity index (χ4n) is 1.90. The second kappa shape index (κ2) is 7.26. The van der Waals surface area contributed by atoms with E-state index >= 15 is 0 Å². The maximum absolute atomic E-state index is 12.4. The molecule has 0 fully saturated rings. The minimum atomic E-state index is -3.49. The molecule has 4 nitrogen and oxygen atoms in total. The molecule has 6 heteroatoms. The first-order valence-corrected chi connectivity index (χ1v) is 9.04. The highest BCUT2D eigenvalue weighted by Crippen LogP contribution is 2.18. The molecule has 0 saturated heterocycles. The molecule has 0 atom stereocenters. The molecule has 0 N–H and O–H groups in total. The summed E-state index contributed by atoms with van der Waals surface area (Å²) in [6.45, 7) is 2.57. The van der Waals surface area contributed by atoms with Crippen LogP contribution in [0.25, 0.3) is 0 Å². The van der Waals surface area contributed by atoms with E-state index in [4.69, 9.17) is 4.74 Å². The maximum atomic E-state index is 12.4. The highest BCUT2D eigenvalue weighted by molar-refractivity contribution is 9.10. The largest absolute Gasteiger partial charge is 0.492 e. The molecule has 0 spiro atoms. The monoisotopic (exact) mass is 383 g/mol. The molecule has 2 aromatic rings. The van der Waals surface area contributed by atoms with Crippen molar-refractivity contribution < 1.29 is 13.2 Å². The second-order valence-corrected chi connectivity index (χ2v) is 7.91. The van der Waals surface area contributed by atoms with E-state index in [9.17, 15) is 8.42 Å². The average molecular weight is 384 g/mol. The van der Waals surface area contributed by atoms with Gasteiger partial charge in [-0.25, -0.2) is 8.42 Å². The van der Waals surface area contributed by atoms with Gasteiger partial charge in [-0.05, 0) is 48.9 Å². The van der Waals surface area contributed by atoms with Crippen LogP contribution in [0.1, 0.15) is 5.56 Å². The number of likely N-dealkylation sites (N-methyl/N-ethyl adjacent to an activating group) is 1. The van der Waals surface area contributed by atoms with E-state index in [0.29, 0.717) is 6.61 Å². The molecule has 22 heavy (non-hydrogen) atoms. The Morgan fingerprint density at radius 1 is 1.14 bits per heavy atom. The lowest BCUT2D eigenvalue weighted by Crippen LogP contribution is -2.31. The molecule has 0 amide bonds. The van der Waals surface area contributed by atoms with Gasteiger partial charge in [-0.15, -0.1) is 0 Å². The summed E-state index contributed by atoms with van der Waals surface area (Å²) >= 11 is 3.29. The summed E-state index contributed by atoms with van der Waals surface area (Å²) in [4.78, 5) is 0.272.